The summed E-state index contributed by atoms with van der Waals surface area (Å²) >= 11 is 0. The molecule has 0 radical (unpaired) electrons. The summed E-state index contributed by atoms with van der Waals surface area (Å²) < 4.78 is 0. The minimum atomic E-state index is -0.115. The molecular formula is C57H40N2. The Morgan fingerprint density at radius 1 is 0.339 bits per heavy atom. The fourth-order valence-corrected chi connectivity index (χ4v) is 9.43. The van der Waals surface area contributed by atoms with Crippen LogP contribution in [-0.2, 0) is 5.41 Å². The SMILES string of the molecule is CC1(C)c2cccc(-c3cccc(-c4ccc(-c5nc(-c6ccccc6)cc(-c6ccc(-c7ccccc7)cc6)n5)c5ccccc45)c3)c2-c2ccc3ccccc3c21. The van der Waals surface area contributed by atoms with Gasteiger partial charge in [-0.05, 0) is 95.4 Å². The average molecular weight is 753 g/mol. The maximum atomic E-state index is 5.28. The molecule has 0 bridgehead atoms. The van der Waals surface area contributed by atoms with Crippen LogP contribution in [0, 0.1) is 0 Å². The summed E-state index contributed by atoms with van der Waals surface area (Å²) in [7, 11) is 0. The zero-order valence-corrected chi connectivity index (χ0v) is 33.0. The summed E-state index contributed by atoms with van der Waals surface area (Å²) in [6, 6.07) is 74.2. The maximum absolute atomic E-state index is 5.28. The first-order valence-corrected chi connectivity index (χ1v) is 20.4. The zero-order chi connectivity index (χ0) is 39.5. The van der Waals surface area contributed by atoms with Crippen LogP contribution in [0.25, 0.3) is 100.0 Å². The number of benzene rings is 9. The van der Waals surface area contributed by atoms with Crippen LogP contribution < -0.4 is 0 Å². The molecule has 9 aromatic carbocycles. The van der Waals surface area contributed by atoms with Crippen molar-refractivity contribution in [3.63, 3.8) is 0 Å². The van der Waals surface area contributed by atoms with Crippen LogP contribution in [0.15, 0.2) is 206 Å². The summed E-state index contributed by atoms with van der Waals surface area (Å²) in [6.07, 6.45) is 0. The molecule has 0 fully saturated rings. The molecule has 0 saturated carbocycles. The molecule has 0 atom stereocenters. The van der Waals surface area contributed by atoms with E-state index in [9.17, 15) is 0 Å². The normalized spacial score (nSPS) is 12.7. The molecule has 278 valence electrons. The Morgan fingerprint density at radius 2 is 0.847 bits per heavy atom. The predicted octanol–water partition coefficient (Wildman–Crippen LogP) is 15.1. The van der Waals surface area contributed by atoms with Gasteiger partial charge in [0.2, 0.25) is 0 Å². The molecule has 1 aliphatic carbocycles. The first-order chi connectivity index (χ1) is 29.0. The van der Waals surface area contributed by atoms with Crippen molar-refractivity contribution in [3.8, 4) is 78.4 Å². The summed E-state index contributed by atoms with van der Waals surface area (Å²) in [6.45, 7) is 4.75. The topological polar surface area (TPSA) is 25.8 Å². The van der Waals surface area contributed by atoms with E-state index in [0.29, 0.717) is 5.82 Å². The number of fused-ring (bicyclic) bond motifs is 6. The molecule has 0 aliphatic heterocycles. The monoisotopic (exact) mass is 752 g/mol. The Balaban J connectivity index is 1.03. The lowest BCUT2D eigenvalue weighted by Gasteiger charge is -2.23. The standard InChI is InChI=1S/C57H40N2/c1-57(2)51-26-14-25-45(54(51)50-32-31-39-17-9-10-22-46(39)55(50)57)43-21-13-20-42(35-43)44-33-34-49(48-24-12-11-23-47(44)48)56-58-52(40-18-7-4-8-19-40)36-53(59-56)41-29-27-38(28-30-41)37-15-5-3-6-16-37/h3-36H,1-2H3. The van der Waals surface area contributed by atoms with E-state index in [1.165, 1.54) is 71.8 Å². The molecule has 0 saturated heterocycles. The van der Waals surface area contributed by atoms with Gasteiger partial charge in [-0.25, -0.2) is 9.97 Å². The summed E-state index contributed by atoms with van der Waals surface area (Å²) in [5.74, 6) is 0.707. The molecule has 1 aliphatic rings. The Labute approximate surface area is 345 Å². The third-order valence-electron chi connectivity index (χ3n) is 12.3. The van der Waals surface area contributed by atoms with Crippen molar-refractivity contribution in [3.05, 3.63) is 217 Å². The largest absolute Gasteiger partial charge is 0.228 e. The molecule has 0 N–H and O–H groups in total. The van der Waals surface area contributed by atoms with E-state index >= 15 is 0 Å². The summed E-state index contributed by atoms with van der Waals surface area (Å²) in [4.78, 5) is 10.5. The molecule has 1 heterocycles. The van der Waals surface area contributed by atoms with Crippen molar-refractivity contribution in [1.29, 1.82) is 0 Å². The van der Waals surface area contributed by atoms with E-state index in [4.69, 9.17) is 9.97 Å². The molecule has 2 heteroatoms. The predicted molar refractivity (Wildman–Crippen MR) is 247 cm³/mol. The lowest BCUT2D eigenvalue weighted by Crippen LogP contribution is -2.15. The molecule has 10 aromatic rings. The van der Waals surface area contributed by atoms with Crippen molar-refractivity contribution in [2.24, 2.45) is 0 Å². The number of hydrogen-bond donors (Lipinski definition) is 0. The van der Waals surface area contributed by atoms with Crippen LogP contribution in [0.2, 0.25) is 0 Å². The van der Waals surface area contributed by atoms with Gasteiger partial charge < -0.3 is 0 Å². The molecule has 0 amide bonds. The van der Waals surface area contributed by atoms with E-state index < -0.39 is 0 Å². The van der Waals surface area contributed by atoms with Gasteiger partial charge in [0, 0.05) is 22.1 Å². The number of nitrogens with zero attached hydrogens (tertiary/aromatic N) is 2. The second kappa shape index (κ2) is 13.9. The van der Waals surface area contributed by atoms with E-state index in [2.05, 4.69) is 214 Å². The van der Waals surface area contributed by atoms with E-state index in [1.54, 1.807) is 0 Å². The lowest BCUT2D eigenvalue weighted by atomic mass is 9.80. The lowest BCUT2D eigenvalue weighted by molar-refractivity contribution is 0.666. The van der Waals surface area contributed by atoms with Crippen LogP contribution >= 0.6 is 0 Å². The number of rotatable bonds is 6. The second-order valence-electron chi connectivity index (χ2n) is 16.1. The van der Waals surface area contributed by atoms with E-state index in [1.807, 2.05) is 6.07 Å². The fraction of sp³-hybridized carbons (Fsp3) is 0.0526. The van der Waals surface area contributed by atoms with Crippen molar-refractivity contribution in [2.75, 3.05) is 0 Å². The van der Waals surface area contributed by atoms with Gasteiger partial charge in [0.15, 0.2) is 5.82 Å². The molecule has 0 unspecified atom stereocenters. The minimum absolute atomic E-state index is 0.115. The molecule has 59 heavy (non-hydrogen) atoms. The van der Waals surface area contributed by atoms with Crippen molar-refractivity contribution in [2.45, 2.75) is 19.3 Å². The van der Waals surface area contributed by atoms with Gasteiger partial charge in [0.05, 0.1) is 11.4 Å². The van der Waals surface area contributed by atoms with Gasteiger partial charge in [-0.15, -0.1) is 0 Å². The van der Waals surface area contributed by atoms with Gasteiger partial charge in [-0.3, -0.25) is 0 Å². The van der Waals surface area contributed by atoms with Crippen molar-refractivity contribution >= 4 is 21.5 Å². The third-order valence-corrected chi connectivity index (χ3v) is 12.3. The van der Waals surface area contributed by atoms with Crippen LogP contribution in [0.4, 0.5) is 0 Å². The van der Waals surface area contributed by atoms with Gasteiger partial charge in [-0.2, -0.15) is 0 Å². The van der Waals surface area contributed by atoms with Crippen LogP contribution in [0.3, 0.4) is 0 Å². The number of aromatic nitrogens is 2. The fourth-order valence-electron chi connectivity index (χ4n) is 9.43. The van der Waals surface area contributed by atoms with Gasteiger partial charge in [0.25, 0.3) is 0 Å². The van der Waals surface area contributed by atoms with Gasteiger partial charge >= 0.3 is 0 Å². The van der Waals surface area contributed by atoms with Gasteiger partial charge in [0.1, 0.15) is 0 Å². The Morgan fingerprint density at radius 3 is 1.58 bits per heavy atom. The maximum Gasteiger partial charge on any atom is 0.161 e. The van der Waals surface area contributed by atoms with Crippen LogP contribution in [0.1, 0.15) is 25.0 Å². The molecular weight excluding hydrogens is 713 g/mol. The minimum Gasteiger partial charge on any atom is -0.228 e. The molecule has 0 spiro atoms. The van der Waals surface area contributed by atoms with E-state index in [0.717, 1.165) is 33.5 Å². The summed E-state index contributed by atoms with van der Waals surface area (Å²) in [5.41, 5.74) is 17.5. The molecule has 2 nitrogen and oxygen atoms in total. The van der Waals surface area contributed by atoms with Crippen molar-refractivity contribution in [1.82, 2.24) is 9.97 Å². The smallest absolute Gasteiger partial charge is 0.161 e. The van der Waals surface area contributed by atoms with Gasteiger partial charge in [-0.1, -0.05) is 202 Å². The Hall–Kier alpha value is -7.42. The number of hydrogen-bond acceptors (Lipinski definition) is 2. The van der Waals surface area contributed by atoms with Crippen molar-refractivity contribution < 1.29 is 0 Å². The first kappa shape index (κ1) is 34.8. The highest BCUT2D eigenvalue weighted by molar-refractivity contribution is 6.06. The zero-order valence-electron chi connectivity index (χ0n) is 33.0. The molecule has 1 aromatic heterocycles. The highest BCUT2D eigenvalue weighted by Crippen LogP contribution is 2.54. The highest BCUT2D eigenvalue weighted by atomic mass is 14.9. The van der Waals surface area contributed by atoms with Crippen LogP contribution in [0.5, 0.6) is 0 Å². The summed E-state index contributed by atoms with van der Waals surface area (Å²) in [5, 5.41) is 4.91. The van der Waals surface area contributed by atoms with Crippen LogP contribution in [-0.4, -0.2) is 9.97 Å². The van der Waals surface area contributed by atoms with E-state index in [-0.39, 0.29) is 5.41 Å². The third kappa shape index (κ3) is 5.87. The molecule has 11 rings (SSSR count). The highest BCUT2D eigenvalue weighted by Gasteiger charge is 2.38. The first-order valence-electron chi connectivity index (χ1n) is 20.4. The second-order valence-corrected chi connectivity index (χ2v) is 16.1. The Bertz CT molecular complexity index is 3220. The average Bonchev–Trinajstić information content (AvgIpc) is 3.55. The Kier molecular flexibility index (Phi) is 8.20. The quantitative estimate of drug-likeness (QED) is 0.169.